The quantitative estimate of drug-likeness (QED) is 0.632. The number of hydrogen-bond acceptors (Lipinski definition) is 0. The predicted octanol–water partition coefficient (Wildman–Crippen LogP) is 6.21. The van der Waals surface area contributed by atoms with Crippen LogP contribution in [0.25, 0.3) is 11.1 Å². The van der Waals surface area contributed by atoms with Crippen molar-refractivity contribution < 1.29 is 13.2 Å². The molecule has 20 heavy (non-hydrogen) atoms. The van der Waals surface area contributed by atoms with Gasteiger partial charge in [-0.15, -0.1) is 0 Å². The van der Waals surface area contributed by atoms with Gasteiger partial charge in [0.05, 0.1) is 5.56 Å². The molecule has 0 bridgehead atoms. The monoisotopic (exact) mass is 298 g/mol. The first kappa shape index (κ1) is 14.9. The fraction of sp³-hybridized carbons (Fsp3) is 0.250. The molecule has 0 N–H and O–H groups in total. The van der Waals surface area contributed by atoms with E-state index in [2.05, 4.69) is 0 Å². The predicted molar refractivity (Wildman–Crippen MR) is 75.9 cm³/mol. The van der Waals surface area contributed by atoms with Crippen molar-refractivity contribution in [2.24, 2.45) is 0 Å². The van der Waals surface area contributed by atoms with Gasteiger partial charge in [0.2, 0.25) is 0 Å². The minimum atomic E-state index is -2.84. The van der Waals surface area contributed by atoms with E-state index in [0.29, 0.717) is 10.6 Å². The van der Waals surface area contributed by atoms with Crippen LogP contribution < -0.4 is 0 Å². The van der Waals surface area contributed by atoms with Gasteiger partial charge in [-0.1, -0.05) is 37.6 Å². The van der Waals surface area contributed by atoms with Gasteiger partial charge < -0.3 is 0 Å². The second-order valence-electron chi connectivity index (χ2n) is 4.92. The summed E-state index contributed by atoms with van der Waals surface area (Å²) in [7, 11) is 0. The van der Waals surface area contributed by atoms with Crippen LogP contribution in [-0.2, 0) is 0 Å². The molecule has 0 aliphatic carbocycles. The average molecular weight is 299 g/mol. The highest BCUT2D eigenvalue weighted by Crippen LogP contribution is 2.34. The van der Waals surface area contributed by atoms with E-state index < -0.39 is 17.8 Å². The Morgan fingerprint density at radius 1 is 0.950 bits per heavy atom. The minimum absolute atomic E-state index is 0.210. The van der Waals surface area contributed by atoms with Gasteiger partial charge in [-0.2, -0.15) is 0 Å². The van der Waals surface area contributed by atoms with Crippen molar-refractivity contribution in [1.82, 2.24) is 0 Å². The molecule has 0 aliphatic rings. The normalized spacial score (nSPS) is 11.4. The van der Waals surface area contributed by atoms with Crippen molar-refractivity contribution in [2.45, 2.75) is 26.2 Å². The van der Waals surface area contributed by atoms with Crippen LogP contribution in [0.4, 0.5) is 13.2 Å². The molecule has 0 amide bonds. The number of hydrogen-bond donors (Lipinski definition) is 0. The van der Waals surface area contributed by atoms with Crippen LogP contribution in [0.3, 0.4) is 0 Å². The highest BCUT2D eigenvalue weighted by molar-refractivity contribution is 6.30. The molecule has 0 spiro atoms. The Morgan fingerprint density at radius 2 is 1.65 bits per heavy atom. The number of rotatable bonds is 3. The smallest absolute Gasteiger partial charge is 0.206 e. The molecule has 0 aliphatic heterocycles. The van der Waals surface area contributed by atoms with Gasteiger partial charge in [-0.25, -0.2) is 13.2 Å². The SMILES string of the molecule is CC(C)c1ccc(Cl)cc1-c1ccc(F)c(C(F)F)c1. The second kappa shape index (κ2) is 5.88. The molecule has 0 saturated heterocycles. The second-order valence-corrected chi connectivity index (χ2v) is 5.36. The van der Waals surface area contributed by atoms with Gasteiger partial charge >= 0.3 is 0 Å². The van der Waals surface area contributed by atoms with Crippen molar-refractivity contribution in [3.8, 4) is 11.1 Å². The maximum absolute atomic E-state index is 13.4. The lowest BCUT2D eigenvalue weighted by Crippen LogP contribution is -1.95. The molecule has 0 unspecified atom stereocenters. The Balaban J connectivity index is 2.62. The summed E-state index contributed by atoms with van der Waals surface area (Å²) in [4.78, 5) is 0. The number of halogens is 4. The Labute approximate surface area is 121 Å². The average Bonchev–Trinajstić information content (AvgIpc) is 2.38. The molecule has 0 radical (unpaired) electrons. The molecule has 0 saturated carbocycles. The molecule has 4 heteroatoms. The van der Waals surface area contributed by atoms with E-state index in [4.69, 9.17) is 11.6 Å². The summed E-state index contributed by atoms with van der Waals surface area (Å²) in [6.07, 6.45) is -2.84. The zero-order valence-electron chi connectivity index (χ0n) is 11.1. The lowest BCUT2D eigenvalue weighted by atomic mass is 9.92. The van der Waals surface area contributed by atoms with E-state index in [1.54, 1.807) is 12.1 Å². The molecular formula is C16H14ClF3. The maximum Gasteiger partial charge on any atom is 0.266 e. The molecule has 0 aromatic heterocycles. The van der Waals surface area contributed by atoms with Crippen LogP contribution >= 0.6 is 11.6 Å². The van der Waals surface area contributed by atoms with Gasteiger partial charge in [0.1, 0.15) is 5.82 Å². The summed E-state index contributed by atoms with van der Waals surface area (Å²) < 4.78 is 39.0. The van der Waals surface area contributed by atoms with Crippen molar-refractivity contribution in [3.63, 3.8) is 0 Å². The van der Waals surface area contributed by atoms with E-state index in [-0.39, 0.29) is 5.92 Å². The maximum atomic E-state index is 13.4. The lowest BCUT2D eigenvalue weighted by molar-refractivity contribution is 0.146. The van der Waals surface area contributed by atoms with Gasteiger partial charge in [-0.3, -0.25) is 0 Å². The van der Waals surface area contributed by atoms with E-state index in [1.165, 1.54) is 12.1 Å². The van der Waals surface area contributed by atoms with Crippen LogP contribution in [-0.4, -0.2) is 0 Å². The van der Waals surface area contributed by atoms with Crippen LogP contribution in [0.2, 0.25) is 5.02 Å². The van der Waals surface area contributed by atoms with Crippen LogP contribution in [0, 0.1) is 5.82 Å². The van der Waals surface area contributed by atoms with Gasteiger partial charge in [-0.05, 0) is 46.9 Å². The van der Waals surface area contributed by atoms with Crippen LogP contribution in [0.15, 0.2) is 36.4 Å². The summed E-state index contributed by atoms with van der Waals surface area (Å²) in [5.41, 5.74) is 1.71. The summed E-state index contributed by atoms with van der Waals surface area (Å²) in [6, 6.07) is 9.11. The molecule has 106 valence electrons. The molecule has 2 aromatic carbocycles. The molecule has 2 aromatic rings. The Kier molecular flexibility index (Phi) is 4.39. The molecule has 0 heterocycles. The van der Waals surface area contributed by atoms with Gasteiger partial charge in [0.15, 0.2) is 0 Å². The highest BCUT2D eigenvalue weighted by Gasteiger charge is 2.16. The first-order valence-corrected chi connectivity index (χ1v) is 6.65. The van der Waals surface area contributed by atoms with Crippen molar-refractivity contribution in [1.29, 1.82) is 0 Å². The van der Waals surface area contributed by atoms with Crippen molar-refractivity contribution in [2.75, 3.05) is 0 Å². The molecular weight excluding hydrogens is 285 g/mol. The summed E-state index contributed by atoms with van der Waals surface area (Å²) in [6.45, 7) is 4.01. The van der Waals surface area contributed by atoms with Gasteiger partial charge in [0.25, 0.3) is 6.43 Å². The highest BCUT2D eigenvalue weighted by atomic mass is 35.5. The van der Waals surface area contributed by atoms with E-state index >= 15 is 0 Å². The fourth-order valence-corrected chi connectivity index (χ4v) is 2.33. The molecule has 0 nitrogen and oxygen atoms in total. The number of alkyl halides is 2. The fourth-order valence-electron chi connectivity index (χ4n) is 2.16. The molecule has 0 atom stereocenters. The number of benzene rings is 2. The van der Waals surface area contributed by atoms with Crippen LogP contribution in [0.5, 0.6) is 0 Å². The van der Waals surface area contributed by atoms with E-state index in [1.807, 2.05) is 19.9 Å². The van der Waals surface area contributed by atoms with E-state index in [9.17, 15) is 13.2 Å². The van der Waals surface area contributed by atoms with Crippen molar-refractivity contribution >= 4 is 11.6 Å². The first-order valence-electron chi connectivity index (χ1n) is 6.27. The third kappa shape index (κ3) is 2.98. The zero-order valence-corrected chi connectivity index (χ0v) is 11.9. The van der Waals surface area contributed by atoms with Crippen LogP contribution in [0.1, 0.15) is 37.3 Å². The van der Waals surface area contributed by atoms with E-state index in [0.717, 1.165) is 17.2 Å². The summed E-state index contributed by atoms with van der Waals surface area (Å²) >= 11 is 5.98. The Morgan fingerprint density at radius 3 is 2.25 bits per heavy atom. The molecule has 0 fully saturated rings. The third-order valence-corrected chi connectivity index (χ3v) is 3.41. The standard InChI is InChI=1S/C16H14ClF3/c1-9(2)12-5-4-11(17)8-13(12)10-3-6-15(18)14(7-10)16(19)20/h3-9,16H,1-2H3. The largest absolute Gasteiger partial charge is 0.266 e. The third-order valence-electron chi connectivity index (χ3n) is 3.18. The lowest BCUT2D eigenvalue weighted by Gasteiger charge is -2.14. The first-order chi connectivity index (χ1) is 9.40. The zero-order chi connectivity index (χ0) is 14.9. The summed E-state index contributed by atoms with van der Waals surface area (Å²) in [5.74, 6) is -0.681. The summed E-state index contributed by atoms with van der Waals surface area (Å²) in [5, 5.41) is 0.521. The Bertz CT molecular complexity index is 621. The topological polar surface area (TPSA) is 0 Å². The van der Waals surface area contributed by atoms with Crippen molar-refractivity contribution in [3.05, 3.63) is 58.4 Å². The molecule has 2 rings (SSSR count). The minimum Gasteiger partial charge on any atom is -0.206 e. The van der Waals surface area contributed by atoms with Gasteiger partial charge in [0, 0.05) is 5.02 Å². The Hall–Kier alpha value is -1.48.